The van der Waals surface area contributed by atoms with Crippen molar-refractivity contribution in [1.82, 2.24) is 15.1 Å². The second-order valence-corrected chi connectivity index (χ2v) is 11.9. The molecule has 3 heterocycles. The van der Waals surface area contributed by atoms with E-state index in [0.29, 0.717) is 44.3 Å². The number of fused-ring (bicyclic) bond motifs is 1. The zero-order chi connectivity index (χ0) is 31.7. The molecular formula is C34H47N3O7. The Labute approximate surface area is 260 Å². The van der Waals surface area contributed by atoms with Gasteiger partial charge in [-0.1, -0.05) is 62.2 Å². The van der Waals surface area contributed by atoms with Crippen LogP contribution < -0.4 is 5.32 Å². The number of esters is 1. The van der Waals surface area contributed by atoms with Gasteiger partial charge in [0.2, 0.25) is 17.7 Å². The van der Waals surface area contributed by atoms with Crippen LogP contribution in [0.4, 0.5) is 0 Å². The highest BCUT2D eigenvalue weighted by molar-refractivity contribution is 5.98. The SMILES string of the molecule is C=CCCC(=O)NC[C@@H](OC(=O)[C@@H]1[C@H]2C(=O)N(CCCO)[C@H](C(=O)N(CC=C)CCCCC)[C@]23CC[C@H]1O3)c1ccccc1. The first-order valence-corrected chi connectivity index (χ1v) is 15.9. The molecule has 0 aromatic heterocycles. The molecule has 0 unspecified atom stereocenters. The first-order chi connectivity index (χ1) is 21.3. The lowest BCUT2D eigenvalue weighted by Crippen LogP contribution is -2.56. The van der Waals surface area contributed by atoms with E-state index >= 15 is 0 Å². The van der Waals surface area contributed by atoms with Crippen LogP contribution in [0.2, 0.25) is 0 Å². The molecule has 2 N–H and O–H groups in total. The highest BCUT2D eigenvalue weighted by atomic mass is 16.6. The average Bonchev–Trinajstić information content (AvgIpc) is 3.67. The normalized spacial score (nSPS) is 25.8. The van der Waals surface area contributed by atoms with Crippen molar-refractivity contribution in [2.75, 3.05) is 32.8 Å². The van der Waals surface area contributed by atoms with Gasteiger partial charge in [0, 0.05) is 32.7 Å². The number of nitrogens with one attached hydrogen (secondary N) is 1. The molecule has 10 nitrogen and oxygen atoms in total. The number of hydrogen-bond donors (Lipinski definition) is 2. The second-order valence-electron chi connectivity index (χ2n) is 11.9. The molecule has 3 aliphatic rings. The Kier molecular flexibility index (Phi) is 11.7. The Morgan fingerprint density at radius 2 is 1.98 bits per heavy atom. The van der Waals surface area contributed by atoms with Crippen molar-refractivity contribution in [3.8, 4) is 0 Å². The molecule has 3 amide bonds. The van der Waals surface area contributed by atoms with Crippen LogP contribution in [0.1, 0.15) is 70.0 Å². The Morgan fingerprint density at radius 3 is 2.66 bits per heavy atom. The number of allylic oxidation sites excluding steroid dienone is 1. The molecule has 10 heteroatoms. The van der Waals surface area contributed by atoms with E-state index in [4.69, 9.17) is 9.47 Å². The van der Waals surface area contributed by atoms with Crippen molar-refractivity contribution in [3.05, 3.63) is 61.2 Å². The molecular weight excluding hydrogens is 562 g/mol. The Morgan fingerprint density at radius 1 is 1.20 bits per heavy atom. The number of nitrogens with zero attached hydrogens (tertiary/aromatic N) is 2. The van der Waals surface area contributed by atoms with Crippen LogP contribution in [0.15, 0.2) is 55.6 Å². The summed E-state index contributed by atoms with van der Waals surface area (Å²) in [7, 11) is 0. The third kappa shape index (κ3) is 6.91. The van der Waals surface area contributed by atoms with Crippen molar-refractivity contribution in [3.63, 3.8) is 0 Å². The lowest BCUT2D eigenvalue weighted by molar-refractivity contribution is -0.160. The van der Waals surface area contributed by atoms with Gasteiger partial charge in [-0.3, -0.25) is 19.2 Å². The summed E-state index contributed by atoms with van der Waals surface area (Å²) in [5, 5.41) is 12.5. The minimum Gasteiger partial charge on any atom is -0.455 e. The Balaban J connectivity index is 1.60. The number of benzene rings is 1. The standard InChI is InChI=1S/C34H47N3O7/c1-4-7-12-20-36(19-6-3)32(41)30-34-18-17-25(44-34)28(29(34)31(40)37(30)21-13-22-38)33(42)43-26(24-14-10-9-11-15-24)23-35-27(39)16-8-5-2/h5-6,9-11,14-15,25-26,28-30,38H,2-4,7-8,12-13,16-23H2,1H3,(H,35,39)/t25-,26-,28+,29+,30-,34+/m1/s1. The smallest absolute Gasteiger partial charge is 0.313 e. The van der Waals surface area contributed by atoms with Gasteiger partial charge < -0.3 is 29.7 Å². The van der Waals surface area contributed by atoms with Gasteiger partial charge in [0.15, 0.2) is 0 Å². The molecule has 6 atom stereocenters. The number of carbonyl (C=O) groups excluding carboxylic acids is 4. The van der Waals surface area contributed by atoms with Gasteiger partial charge in [-0.2, -0.15) is 0 Å². The summed E-state index contributed by atoms with van der Waals surface area (Å²) in [6.07, 6.45) is 6.92. The van der Waals surface area contributed by atoms with Gasteiger partial charge in [0.05, 0.1) is 24.5 Å². The predicted octanol–water partition coefficient (Wildman–Crippen LogP) is 3.32. The summed E-state index contributed by atoms with van der Waals surface area (Å²) >= 11 is 0. The maximum atomic E-state index is 14.2. The lowest BCUT2D eigenvalue weighted by atomic mass is 9.70. The molecule has 3 aliphatic heterocycles. The largest absolute Gasteiger partial charge is 0.455 e. The number of likely N-dealkylation sites (tertiary alicyclic amines) is 1. The van der Waals surface area contributed by atoms with Gasteiger partial charge in [-0.15, -0.1) is 13.2 Å². The minimum absolute atomic E-state index is 0.0751. The highest BCUT2D eigenvalue weighted by Crippen LogP contribution is 2.59. The quantitative estimate of drug-likeness (QED) is 0.149. The summed E-state index contributed by atoms with van der Waals surface area (Å²) in [4.78, 5) is 57.9. The molecule has 44 heavy (non-hydrogen) atoms. The molecule has 0 radical (unpaired) electrons. The van der Waals surface area contributed by atoms with Gasteiger partial charge in [-0.25, -0.2) is 0 Å². The van der Waals surface area contributed by atoms with Crippen LogP contribution in [-0.2, 0) is 28.7 Å². The Bertz CT molecular complexity index is 1190. The summed E-state index contributed by atoms with van der Waals surface area (Å²) in [5.74, 6) is -3.05. The summed E-state index contributed by atoms with van der Waals surface area (Å²) in [6, 6.07) is 8.26. The number of amides is 3. The monoisotopic (exact) mass is 609 g/mol. The minimum atomic E-state index is -1.15. The van der Waals surface area contributed by atoms with Gasteiger partial charge in [0.1, 0.15) is 17.7 Å². The molecule has 2 bridgehead atoms. The third-order valence-electron chi connectivity index (χ3n) is 9.05. The fourth-order valence-electron chi connectivity index (χ4n) is 7.00. The van der Waals surface area contributed by atoms with Crippen molar-refractivity contribution >= 4 is 23.7 Å². The van der Waals surface area contributed by atoms with E-state index in [9.17, 15) is 24.3 Å². The molecule has 0 saturated carbocycles. The van der Waals surface area contributed by atoms with E-state index in [1.54, 1.807) is 17.1 Å². The number of carbonyl (C=O) groups is 4. The van der Waals surface area contributed by atoms with E-state index in [1.807, 2.05) is 30.3 Å². The lowest BCUT2D eigenvalue weighted by Gasteiger charge is -2.36. The maximum absolute atomic E-state index is 14.2. The first kappa shape index (κ1) is 33.4. The summed E-state index contributed by atoms with van der Waals surface area (Å²) < 4.78 is 12.6. The average molecular weight is 610 g/mol. The van der Waals surface area contributed by atoms with Gasteiger partial charge in [-0.05, 0) is 37.7 Å². The van der Waals surface area contributed by atoms with Gasteiger partial charge in [0.25, 0.3) is 0 Å². The predicted molar refractivity (Wildman–Crippen MR) is 165 cm³/mol. The molecule has 3 fully saturated rings. The Hall–Kier alpha value is -3.50. The zero-order valence-electron chi connectivity index (χ0n) is 25.8. The molecule has 1 aromatic carbocycles. The highest BCUT2D eigenvalue weighted by Gasteiger charge is 2.75. The number of ether oxygens (including phenoxy) is 2. The van der Waals surface area contributed by atoms with Crippen molar-refractivity contribution in [2.45, 2.75) is 82.1 Å². The number of aliphatic hydroxyl groups is 1. The van der Waals surface area contributed by atoms with Crippen molar-refractivity contribution in [2.24, 2.45) is 11.8 Å². The summed E-state index contributed by atoms with van der Waals surface area (Å²) in [6.45, 7) is 10.6. The molecule has 240 valence electrons. The van der Waals surface area contributed by atoms with Crippen LogP contribution in [0.3, 0.4) is 0 Å². The first-order valence-electron chi connectivity index (χ1n) is 15.9. The second kappa shape index (κ2) is 15.5. The van der Waals surface area contributed by atoms with Crippen LogP contribution in [0.5, 0.6) is 0 Å². The van der Waals surface area contributed by atoms with E-state index in [0.717, 1.165) is 19.3 Å². The molecule has 3 saturated heterocycles. The zero-order valence-corrected chi connectivity index (χ0v) is 25.8. The maximum Gasteiger partial charge on any atom is 0.313 e. The number of hydrogen-bond acceptors (Lipinski definition) is 7. The van der Waals surface area contributed by atoms with E-state index < -0.39 is 41.7 Å². The van der Waals surface area contributed by atoms with E-state index in [2.05, 4.69) is 25.4 Å². The summed E-state index contributed by atoms with van der Waals surface area (Å²) in [5.41, 5.74) is -0.435. The molecule has 4 rings (SSSR count). The molecule has 0 aliphatic carbocycles. The number of unbranched alkanes of at least 4 members (excludes halogenated alkanes) is 2. The molecule has 1 aromatic rings. The van der Waals surface area contributed by atoms with Crippen LogP contribution in [0, 0.1) is 11.8 Å². The fourth-order valence-corrected chi connectivity index (χ4v) is 7.00. The van der Waals surface area contributed by atoms with E-state index in [1.165, 1.54) is 4.90 Å². The number of aliphatic hydroxyl groups excluding tert-OH is 1. The van der Waals surface area contributed by atoms with E-state index in [-0.39, 0.29) is 43.8 Å². The van der Waals surface area contributed by atoms with Crippen LogP contribution in [0.25, 0.3) is 0 Å². The number of rotatable bonds is 18. The topological polar surface area (TPSA) is 125 Å². The third-order valence-corrected chi connectivity index (χ3v) is 9.05. The molecule has 1 spiro atoms. The van der Waals surface area contributed by atoms with Crippen molar-refractivity contribution < 1.29 is 33.8 Å². The van der Waals surface area contributed by atoms with Gasteiger partial charge >= 0.3 is 5.97 Å². The van der Waals surface area contributed by atoms with Crippen molar-refractivity contribution in [1.29, 1.82) is 0 Å². The fraction of sp³-hybridized carbons (Fsp3) is 0.588. The van der Waals surface area contributed by atoms with Crippen LogP contribution in [-0.4, -0.2) is 89.1 Å². The van der Waals surface area contributed by atoms with Crippen LogP contribution >= 0.6 is 0 Å².